The van der Waals surface area contributed by atoms with Gasteiger partial charge in [-0.05, 0) is 57.0 Å². The van der Waals surface area contributed by atoms with Gasteiger partial charge in [0.15, 0.2) is 0 Å². The van der Waals surface area contributed by atoms with Gasteiger partial charge in [0.05, 0.1) is 12.0 Å². The first-order chi connectivity index (χ1) is 9.12. The van der Waals surface area contributed by atoms with Gasteiger partial charge in [0.2, 0.25) is 0 Å². The number of piperidine rings is 1. The molecule has 19 heavy (non-hydrogen) atoms. The van der Waals surface area contributed by atoms with E-state index in [-0.39, 0.29) is 5.97 Å². The summed E-state index contributed by atoms with van der Waals surface area (Å²) in [5, 5.41) is 4.01. The number of carbonyl (C=O) groups is 1. The molecule has 0 amide bonds. The predicted molar refractivity (Wildman–Crippen MR) is 76.6 cm³/mol. The first kappa shape index (κ1) is 14.4. The van der Waals surface area contributed by atoms with Crippen LogP contribution < -0.4 is 5.32 Å². The molecule has 104 valence electrons. The van der Waals surface area contributed by atoms with E-state index < -0.39 is 5.41 Å². The summed E-state index contributed by atoms with van der Waals surface area (Å²) >= 11 is 6.21. The summed E-state index contributed by atoms with van der Waals surface area (Å²) in [6.07, 6.45) is 1.51. The van der Waals surface area contributed by atoms with Crippen molar-refractivity contribution < 1.29 is 9.53 Å². The van der Waals surface area contributed by atoms with Crippen LogP contribution in [0.5, 0.6) is 0 Å². The van der Waals surface area contributed by atoms with Gasteiger partial charge in [-0.3, -0.25) is 4.79 Å². The maximum atomic E-state index is 12.5. The van der Waals surface area contributed by atoms with Crippen LogP contribution in [0.25, 0.3) is 0 Å². The van der Waals surface area contributed by atoms with Gasteiger partial charge in [0.25, 0.3) is 0 Å². The highest BCUT2D eigenvalue weighted by atomic mass is 35.5. The van der Waals surface area contributed by atoms with E-state index in [9.17, 15) is 4.79 Å². The van der Waals surface area contributed by atoms with Crippen LogP contribution in [0.2, 0.25) is 5.02 Å². The zero-order valence-corrected chi connectivity index (χ0v) is 12.2. The summed E-state index contributed by atoms with van der Waals surface area (Å²) in [5.74, 6) is -0.123. The minimum Gasteiger partial charge on any atom is -0.465 e. The van der Waals surface area contributed by atoms with Crippen LogP contribution in [0.4, 0.5) is 0 Å². The van der Waals surface area contributed by atoms with Crippen molar-refractivity contribution in [3.05, 3.63) is 34.3 Å². The second-order valence-corrected chi connectivity index (χ2v) is 5.37. The molecule has 3 nitrogen and oxygen atoms in total. The second kappa shape index (κ2) is 5.93. The third kappa shape index (κ3) is 2.63. The Morgan fingerprint density at radius 3 is 2.74 bits per heavy atom. The van der Waals surface area contributed by atoms with Gasteiger partial charge >= 0.3 is 5.97 Å². The Morgan fingerprint density at radius 1 is 1.42 bits per heavy atom. The molecule has 1 aliphatic rings. The van der Waals surface area contributed by atoms with Gasteiger partial charge in [0.1, 0.15) is 0 Å². The van der Waals surface area contributed by atoms with E-state index in [1.807, 2.05) is 32.0 Å². The van der Waals surface area contributed by atoms with Crippen LogP contribution in [0.1, 0.15) is 30.9 Å². The quantitative estimate of drug-likeness (QED) is 0.866. The normalized spacial score (nSPS) is 18.1. The molecule has 0 unspecified atom stereocenters. The average molecular weight is 282 g/mol. The van der Waals surface area contributed by atoms with Crippen molar-refractivity contribution in [3.63, 3.8) is 0 Å². The van der Waals surface area contributed by atoms with E-state index >= 15 is 0 Å². The molecule has 0 bridgehead atoms. The zero-order chi connectivity index (χ0) is 13.9. The molecule has 0 aliphatic carbocycles. The highest BCUT2D eigenvalue weighted by molar-refractivity contribution is 6.31. The van der Waals surface area contributed by atoms with Crippen molar-refractivity contribution in [2.45, 2.75) is 32.1 Å². The topological polar surface area (TPSA) is 38.3 Å². The summed E-state index contributed by atoms with van der Waals surface area (Å²) in [4.78, 5) is 12.5. The van der Waals surface area contributed by atoms with Gasteiger partial charge in [-0.25, -0.2) is 0 Å². The molecule has 0 saturated carbocycles. The third-order valence-electron chi connectivity index (χ3n) is 3.91. The molecule has 1 aromatic rings. The standard InChI is InChI=1S/C15H20ClNO2/c1-3-19-14(18)15(7-9-17-10-8-15)12-5-4-6-13(16)11(12)2/h4-6,17H,3,7-10H2,1-2H3. The molecule has 4 heteroatoms. The number of carbonyl (C=O) groups excluding carboxylic acids is 1. The van der Waals surface area contributed by atoms with Crippen LogP contribution in [0, 0.1) is 6.92 Å². The van der Waals surface area contributed by atoms with Gasteiger partial charge in [-0.15, -0.1) is 0 Å². The fraction of sp³-hybridized carbons (Fsp3) is 0.533. The molecule has 1 heterocycles. The van der Waals surface area contributed by atoms with Crippen molar-refractivity contribution >= 4 is 17.6 Å². The Labute approximate surface area is 119 Å². The van der Waals surface area contributed by atoms with E-state index in [1.54, 1.807) is 0 Å². The molecule has 0 spiro atoms. The lowest BCUT2D eigenvalue weighted by molar-refractivity contribution is -0.151. The van der Waals surface area contributed by atoms with Crippen LogP contribution in [0.15, 0.2) is 18.2 Å². The molecular weight excluding hydrogens is 262 g/mol. The predicted octanol–water partition coefficient (Wildman–Crippen LogP) is 2.83. The molecule has 1 fully saturated rings. The Hall–Kier alpha value is -1.06. The van der Waals surface area contributed by atoms with Crippen molar-refractivity contribution in [2.24, 2.45) is 0 Å². The smallest absolute Gasteiger partial charge is 0.316 e. The lowest BCUT2D eigenvalue weighted by atomic mass is 9.71. The van der Waals surface area contributed by atoms with E-state index in [1.165, 1.54) is 0 Å². The van der Waals surface area contributed by atoms with Crippen molar-refractivity contribution in [2.75, 3.05) is 19.7 Å². The number of rotatable bonds is 3. The molecule has 1 aliphatic heterocycles. The van der Waals surface area contributed by atoms with Gasteiger partial charge in [-0.2, -0.15) is 0 Å². The van der Waals surface area contributed by atoms with Gasteiger partial charge < -0.3 is 10.1 Å². The highest BCUT2D eigenvalue weighted by Gasteiger charge is 2.43. The van der Waals surface area contributed by atoms with E-state index in [4.69, 9.17) is 16.3 Å². The number of hydrogen-bond donors (Lipinski definition) is 1. The van der Waals surface area contributed by atoms with Crippen LogP contribution in [-0.4, -0.2) is 25.7 Å². The Bertz CT molecular complexity index is 467. The molecule has 0 radical (unpaired) electrons. The third-order valence-corrected chi connectivity index (χ3v) is 4.32. The fourth-order valence-electron chi connectivity index (χ4n) is 2.83. The van der Waals surface area contributed by atoms with E-state index in [2.05, 4.69) is 5.32 Å². The number of ether oxygens (including phenoxy) is 1. The SMILES string of the molecule is CCOC(=O)C1(c2cccc(Cl)c2C)CCNCC1. The molecule has 0 aromatic heterocycles. The molecule has 1 saturated heterocycles. The number of nitrogens with one attached hydrogen (secondary N) is 1. The average Bonchev–Trinajstić information content (AvgIpc) is 2.43. The van der Waals surface area contributed by atoms with Crippen LogP contribution in [0.3, 0.4) is 0 Å². The fourth-order valence-corrected chi connectivity index (χ4v) is 3.01. The number of benzene rings is 1. The number of esters is 1. The van der Waals surface area contributed by atoms with E-state index in [0.29, 0.717) is 11.6 Å². The molecule has 0 atom stereocenters. The minimum atomic E-state index is -0.545. The number of halogens is 1. The molecule has 2 rings (SSSR count). The largest absolute Gasteiger partial charge is 0.465 e. The molecule has 1 aromatic carbocycles. The van der Waals surface area contributed by atoms with Gasteiger partial charge in [0, 0.05) is 5.02 Å². The van der Waals surface area contributed by atoms with Crippen LogP contribution >= 0.6 is 11.6 Å². The Kier molecular flexibility index (Phi) is 4.48. The lowest BCUT2D eigenvalue weighted by Crippen LogP contribution is -2.47. The summed E-state index contributed by atoms with van der Waals surface area (Å²) in [6.45, 7) is 5.88. The summed E-state index contributed by atoms with van der Waals surface area (Å²) in [6, 6.07) is 5.78. The number of hydrogen-bond acceptors (Lipinski definition) is 3. The van der Waals surface area contributed by atoms with Crippen molar-refractivity contribution in [1.82, 2.24) is 5.32 Å². The summed E-state index contributed by atoms with van der Waals surface area (Å²) in [5.41, 5.74) is 1.45. The van der Waals surface area contributed by atoms with Crippen molar-refractivity contribution in [1.29, 1.82) is 0 Å². The maximum absolute atomic E-state index is 12.5. The second-order valence-electron chi connectivity index (χ2n) is 4.96. The highest BCUT2D eigenvalue weighted by Crippen LogP contribution is 2.38. The summed E-state index contributed by atoms with van der Waals surface area (Å²) in [7, 11) is 0. The first-order valence-corrected chi connectivity index (χ1v) is 7.13. The Morgan fingerprint density at radius 2 is 2.11 bits per heavy atom. The zero-order valence-electron chi connectivity index (χ0n) is 11.5. The lowest BCUT2D eigenvalue weighted by Gasteiger charge is -2.36. The van der Waals surface area contributed by atoms with Gasteiger partial charge in [-0.1, -0.05) is 23.7 Å². The van der Waals surface area contributed by atoms with E-state index in [0.717, 1.165) is 37.1 Å². The molecular formula is C15H20ClNO2. The summed E-state index contributed by atoms with van der Waals surface area (Å²) < 4.78 is 5.32. The first-order valence-electron chi connectivity index (χ1n) is 6.75. The van der Waals surface area contributed by atoms with Crippen LogP contribution in [-0.2, 0) is 14.9 Å². The monoisotopic (exact) mass is 281 g/mol. The molecule has 1 N–H and O–H groups in total. The maximum Gasteiger partial charge on any atom is 0.316 e. The minimum absolute atomic E-state index is 0.123. The Balaban J connectivity index is 2.48. The van der Waals surface area contributed by atoms with Crippen molar-refractivity contribution in [3.8, 4) is 0 Å².